The van der Waals surface area contributed by atoms with Crippen molar-refractivity contribution < 1.29 is 9.53 Å². The van der Waals surface area contributed by atoms with Crippen LogP contribution in [0.25, 0.3) is 0 Å². The molecule has 0 aromatic carbocycles. The van der Waals surface area contributed by atoms with E-state index < -0.39 is 11.7 Å². The number of carbonyl (C=O) groups is 1. The maximum Gasteiger partial charge on any atom is 0.419 e. The Morgan fingerprint density at radius 2 is 2.25 bits per heavy atom. The van der Waals surface area contributed by atoms with Crippen molar-refractivity contribution in [1.29, 1.82) is 0 Å². The fourth-order valence-corrected chi connectivity index (χ4v) is 1.19. The molecule has 16 heavy (non-hydrogen) atoms. The predicted molar refractivity (Wildman–Crippen MR) is 61.2 cm³/mol. The number of hydrogen-bond acceptors (Lipinski definition) is 4. The van der Waals surface area contributed by atoms with Crippen LogP contribution >= 0.6 is 0 Å². The number of imidazole rings is 1. The summed E-state index contributed by atoms with van der Waals surface area (Å²) < 4.78 is 6.56. The van der Waals surface area contributed by atoms with Gasteiger partial charge in [-0.2, -0.15) is 0 Å². The monoisotopic (exact) mass is 225 g/mol. The van der Waals surface area contributed by atoms with Crippen LogP contribution in [0.1, 0.15) is 32.9 Å². The van der Waals surface area contributed by atoms with Crippen LogP contribution in [0, 0.1) is 0 Å². The van der Waals surface area contributed by atoms with E-state index in [1.54, 1.807) is 6.20 Å². The van der Waals surface area contributed by atoms with Crippen LogP contribution in [-0.4, -0.2) is 27.8 Å². The van der Waals surface area contributed by atoms with Crippen LogP contribution in [0.5, 0.6) is 0 Å². The minimum absolute atomic E-state index is 0.404. The summed E-state index contributed by atoms with van der Waals surface area (Å²) in [4.78, 5) is 15.7. The molecule has 1 aromatic rings. The molecule has 0 aliphatic carbocycles. The van der Waals surface area contributed by atoms with Gasteiger partial charge < -0.3 is 10.5 Å². The molecule has 5 heteroatoms. The third-order valence-electron chi connectivity index (χ3n) is 1.88. The van der Waals surface area contributed by atoms with Crippen molar-refractivity contribution in [2.75, 3.05) is 6.54 Å². The molecule has 1 rings (SSSR count). The van der Waals surface area contributed by atoms with E-state index >= 15 is 0 Å². The van der Waals surface area contributed by atoms with E-state index in [1.165, 1.54) is 10.9 Å². The van der Waals surface area contributed by atoms with E-state index in [4.69, 9.17) is 10.5 Å². The first-order valence-corrected chi connectivity index (χ1v) is 5.38. The molecular weight excluding hydrogens is 206 g/mol. The first-order chi connectivity index (χ1) is 7.42. The van der Waals surface area contributed by atoms with Crippen LogP contribution in [0.4, 0.5) is 4.79 Å². The van der Waals surface area contributed by atoms with Crippen molar-refractivity contribution in [2.45, 2.75) is 39.2 Å². The van der Waals surface area contributed by atoms with Gasteiger partial charge in [-0.25, -0.2) is 14.3 Å². The lowest BCUT2D eigenvalue weighted by Gasteiger charge is -2.19. The van der Waals surface area contributed by atoms with E-state index in [-0.39, 0.29) is 0 Å². The molecule has 0 spiro atoms. The van der Waals surface area contributed by atoms with Crippen molar-refractivity contribution in [3.63, 3.8) is 0 Å². The molecule has 1 heterocycles. The average molecular weight is 225 g/mol. The quantitative estimate of drug-likeness (QED) is 0.847. The number of hydrogen-bond donors (Lipinski definition) is 1. The Morgan fingerprint density at radius 1 is 1.56 bits per heavy atom. The fraction of sp³-hybridized carbons (Fsp3) is 0.636. The topological polar surface area (TPSA) is 70.1 Å². The lowest BCUT2D eigenvalue weighted by Crippen LogP contribution is -2.26. The van der Waals surface area contributed by atoms with Gasteiger partial charge >= 0.3 is 6.09 Å². The molecule has 0 atom stereocenters. The highest BCUT2D eigenvalue weighted by Crippen LogP contribution is 2.09. The smallest absolute Gasteiger partial charge is 0.419 e. The van der Waals surface area contributed by atoms with E-state index in [2.05, 4.69) is 4.98 Å². The van der Waals surface area contributed by atoms with Crippen LogP contribution in [0.3, 0.4) is 0 Å². The third kappa shape index (κ3) is 4.02. The minimum Gasteiger partial charge on any atom is -0.443 e. The molecule has 0 aliphatic heterocycles. The highest BCUT2D eigenvalue weighted by atomic mass is 16.6. The van der Waals surface area contributed by atoms with Crippen LogP contribution in [0.2, 0.25) is 0 Å². The lowest BCUT2D eigenvalue weighted by molar-refractivity contribution is 0.0536. The van der Waals surface area contributed by atoms with Gasteiger partial charge in [0.1, 0.15) is 11.9 Å². The van der Waals surface area contributed by atoms with Gasteiger partial charge in [-0.15, -0.1) is 0 Å². The van der Waals surface area contributed by atoms with Gasteiger partial charge in [0.25, 0.3) is 0 Å². The Hall–Kier alpha value is -1.36. The molecule has 5 nitrogen and oxygen atoms in total. The average Bonchev–Trinajstić information content (AvgIpc) is 2.60. The summed E-state index contributed by atoms with van der Waals surface area (Å²) >= 11 is 0. The van der Waals surface area contributed by atoms with E-state index in [9.17, 15) is 4.79 Å². The zero-order chi connectivity index (χ0) is 12.2. The molecule has 0 amide bonds. The van der Waals surface area contributed by atoms with Gasteiger partial charge in [0.15, 0.2) is 0 Å². The van der Waals surface area contributed by atoms with Gasteiger partial charge in [0, 0.05) is 6.20 Å². The highest BCUT2D eigenvalue weighted by molar-refractivity contribution is 5.70. The molecular formula is C11H19N3O2. The SMILES string of the molecule is CC(C)(C)OC(=O)n1cnc(CCCN)c1. The van der Waals surface area contributed by atoms with E-state index in [1.807, 2.05) is 20.8 Å². The highest BCUT2D eigenvalue weighted by Gasteiger charge is 2.17. The Labute approximate surface area is 95.6 Å². The first kappa shape index (κ1) is 12.7. The first-order valence-electron chi connectivity index (χ1n) is 5.38. The molecule has 0 saturated carbocycles. The summed E-state index contributed by atoms with van der Waals surface area (Å²) in [7, 11) is 0. The number of rotatable bonds is 3. The Morgan fingerprint density at radius 3 is 2.81 bits per heavy atom. The van der Waals surface area contributed by atoms with E-state index in [0.29, 0.717) is 6.54 Å². The number of ether oxygens (including phenoxy) is 1. The predicted octanol–water partition coefficient (Wildman–Crippen LogP) is 1.56. The number of aromatic nitrogens is 2. The molecule has 90 valence electrons. The largest absolute Gasteiger partial charge is 0.443 e. The Kier molecular flexibility index (Phi) is 4.06. The third-order valence-corrected chi connectivity index (χ3v) is 1.88. The van der Waals surface area contributed by atoms with E-state index in [0.717, 1.165) is 18.5 Å². The Bertz CT molecular complexity index is 352. The van der Waals surface area contributed by atoms with Crippen molar-refractivity contribution in [3.8, 4) is 0 Å². The van der Waals surface area contributed by atoms with Gasteiger partial charge in [0.05, 0.1) is 5.69 Å². The molecule has 1 aromatic heterocycles. The molecule has 0 unspecified atom stereocenters. The number of nitrogens with zero attached hydrogens (tertiary/aromatic N) is 2. The number of aryl methyl sites for hydroxylation is 1. The molecule has 2 N–H and O–H groups in total. The second kappa shape index (κ2) is 5.12. The number of carbonyl (C=O) groups excluding carboxylic acids is 1. The van der Waals surface area contributed by atoms with Gasteiger partial charge in [-0.05, 0) is 40.2 Å². The standard InChI is InChI=1S/C11H19N3O2/c1-11(2,3)16-10(15)14-7-9(13-8-14)5-4-6-12/h7-8H,4-6,12H2,1-3H3. The zero-order valence-corrected chi connectivity index (χ0v) is 10.1. The summed E-state index contributed by atoms with van der Waals surface area (Å²) in [5.74, 6) is 0. The Balaban J connectivity index is 2.60. The summed E-state index contributed by atoms with van der Waals surface area (Å²) in [5, 5.41) is 0. The molecule has 0 saturated heterocycles. The molecule has 0 bridgehead atoms. The maximum atomic E-state index is 11.6. The van der Waals surface area contributed by atoms with Crippen LogP contribution in [0.15, 0.2) is 12.5 Å². The van der Waals surface area contributed by atoms with Crippen molar-refractivity contribution in [1.82, 2.24) is 9.55 Å². The number of nitrogens with two attached hydrogens (primary N) is 1. The minimum atomic E-state index is -0.487. The van der Waals surface area contributed by atoms with Crippen LogP contribution < -0.4 is 5.73 Å². The van der Waals surface area contributed by atoms with Crippen LogP contribution in [-0.2, 0) is 11.2 Å². The normalized spacial score (nSPS) is 11.5. The van der Waals surface area contributed by atoms with Gasteiger partial charge in [-0.3, -0.25) is 0 Å². The second-order valence-corrected chi connectivity index (χ2v) is 4.64. The summed E-state index contributed by atoms with van der Waals surface area (Å²) in [6, 6.07) is 0. The van der Waals surface area contributed by atoms with Crippen molar-refractivity contribution in [3.05, 3.63) is 18.2 Å². The van der Waals surface area contributed by atoms with Crippen molar-refractivity contribution >= 4 is 6.09 Å². The zero-order valence-electron chi connectivity index (χ0n) is 10.1. The molecule has 0 aliphatic rings. The summed E-state index contributed by atoms with van der Waals surface area (Å²) in [6.07, 6.45) is 4.40. The molecule has 0 radical (unpaired) electrons. The molecule has 0 fully saturated rings. The maximum absolute atomic E-state index is 11.6. The van der Waals surface area contributed by atoms with Gasteiger partial charge in [-0.1, -0.05) is 0 Å². The van der Waals surface area contributed by atoms with Gasteiger partial charge in [0.2, 0.25) is 0 Å². The fourth-order valence-electron chi connectivity index (χ4n) is 1.19. The lowest BCUT2D eigenvalue weighted by atomic mass is 10.2. The summed E-state index contributed by atoms with van der Waals surface area (Å²) in [5.41, 5.74) is 5.77. The summed E-state index contributed by atoms with van der Waals surface area (Å²) in [6.45, 7) is 6.12. The van der Waals surface area contributed by atoms with Crippen molar-refractivity contribution in [2.24, 2.45) is 5.73 Å². The second-order valence-electron chi connectivity index (χ2n) is 4.64.